The maximum absolute atomic E-state index is 13.8. The predicted molar refractivity (Wildman–Crippen MR) is 164 cm³/mol. The van der Waals surface area contributed by atoms with E-state index in [4.69, 9.17) is 18.0 Å². The zero-order valence-electron chi connectivity index (χ0n) is 24.4. The standard InChI is InChI=1S/C32H33ClFN7/c1-6-20-17-36-31-24(29(20)38-26(7-2)21-11-9-8-10-12-21)15-23(16-25(31)33)37-30(22-13-14-28(34)35-18-22)27-19-41(40-39-27)32(3,4)5/h1,8-19,26,30,37,39-40H,7H2,2-5H3,(H,36,38)/t26-,30-/m1/s1/i30D. The summed E-state index contributed by atoms with van der Waals surface area (Å²) in [5.41, 5.74) is 10.4. The second kappa shape index (κ2) is 11.7. The molecule has 0 spiro atoms. The number of hydrazine groups is 2. The van der Waals surface area contributed by atoms with Gasteiger partial charge in [-0.15, -0.1) is 12.0 Å². The van der Waals surface area contributed by atoms with Crippen LogP contribution in [0.5, 0.6) is 0 Å². The first-order valence-electron chi connectivity index (χ1n) is 13.9. The fourth-order valence-corrected chi connectivity index (χ4v) is 4.91. The molecule has 2 aromatic heterocycles. The van der Waals surface area contributed by atoms with Crippen LogP contribution in [0.3, 0.4) is 0 Å². The fourth-order valence-electron chi connectivity index (χ4n) is 4.64. The Morgan fingerprint density at radius 2 is 1.88 bits per heavy atom. The van der Waals surface area contributed by atoms with Crippen molar-refractivity contribution >= 4 is 33.9 Å². The Balaban J connectivity index is 1.62. The molecule has 0 saturated heterocycles. The number of benzene rings is 2. The van der Waals surface area contributed by atoms with Crippen molar-refractivity contribution in [2.24, 2.45) is 0 Å². The molecule has 2 atom stereocenters. The Bertz CT molecular complexity index is 1670. The van der Waals surface area contributed by atoms with E-state index in [1.54, 1.807) is 12.3 Å². The van der Waals surface area contributed by atoms with Crippen molar-refractivity contribution in [3.05, 3.63) is 107 Å². The molecule has 0 bridgehead atoms. The molecule has 9 heteroatoms. The topological polar surface area (TPSA) is 77.1 Å². The maximum atomic E-state index is 13.8. The van der Waals surface area contributed by atoms with E-state index in [0.717, 1.165) is 17.7 Å². The summed E-state index contributed by atoms with van der Waals surface area (Å²) in [5, 5.41) is 9.90. The first-order valence-corrected chi connectivity index (χ1v) is 13.7. The number of fused-ring (bicyclic) bond motifs is 1. The van der Waals surface area contributed by atoms with Gasteiger partial charge in [-0.3, -0.25) is 9.99 Å². The summed E-state index contributed by atoms with van der Waals surface area (Å²) in [6.45, 7) is 8.21. The van der Waals surface area contributed by atoms with E-state index in [1.165, 1.54) is 18.3 Å². The Kier molecular flexibility index (Phi) is 7.64. The van der Waals surface area contributed by atoms with Gasteiger partial charge in [0.2, 0.25) is 5.95 Å². The number of nitrogens with one attached hydrogen (secondary N) is 4. The number of pyridine rings is 2. The molecule has 1 aliphatic heterocycles. The summed E-state index contributed by atoms with van der Waals surface area (Å²) in [4.78, 5) is 8.37. The highest BCUT2D eigenvalue weighted by Gasteiger charge is 2.28. The highest BCUT2D eigenvalue weighted by Crippen LogP contribution is 2.37. The van der Waals surface area contributed by atoms with Crippen LogP contribution in [0.2, 0.25) is 5.02 Å². The van der Waals surface area contributed by atoms with Crippen LogP contribution in [0.1, 0.15) is 64.2 Å². The lowest BCUT2D eigenvalue weighted by Gasteiger charge is -2.30. The van der Waals surface area contributed by atoms with Gasteiger partial charge in [-0.1, -0.05) is 60.8 Å². The average molecular weight is 571 g/mol. The molecule has 2 aromatic carbocycles. The molecule has 0 saturated carbocycles. The number of terminal acetylenes is 1. The second-order valence-corrected chi connectivity index (χ2v) is 11.2. The number of aromatic nitrogens is 2. The Morgan fingerprint density at radius 1 is 1.10 bits per heavy atom. The van der Waals surface area contributed by atoms with Gasteiger partial charge < -0.3 is 16.1 Å². The van der Waals surface area contributed by atoms with Gasteiger partial charge in [-0.05, 0) is 56.5 Å². The monoisotopic (exact) mass is 570 g/mol. The third-order valence-electron chi connectivity index (χ3n) is 6.86. The molecule has 0 fully saturated rings. The zero-order chi connectivity index (χ0) is 30.1. The van der Waals surface area contributed by atoms with Crippen LogP contribution in [0.25, 0.3) is 10.9 Å². The summed E-state index contributed by atoms with van der Waals surface area (Å²) in [6, 6.07) is 14.9. The van der Waals surface area contributed by atoms with Crippen molar-refractivity contribution < 1.29 is 5.76 Å². The first kappa shape index (κ1) is 26.9. The summed E-state index contributed by atoms with van der Waals surface area (Å²) in [7, 11) is 0. The van der Waals surface area contributed by atoms with Gasteiger partial charge in [-0.2, -0.15) is 4.39 Å². The van der Waals surface area contributed by atoms with Gasteiger partial charge in [-0.25, -0.2) is 4.98 Å². The van der Waals surface area contributed by atoms with Crippen molar-refractivity contribution in [2.75, 3.05) is 10.6 Å². The van der Waals surface area contributed by atoms with E-state index in [9.17, 15) is 5.76 Å². The first-order chi connectivity index (χ1) is 20.0. The number of nitrogens with zero attached hydrogens (tertiary/aromatic N) is 3. The molecule has 3 heterocycles. The summed E-state index contributed by atoms with van der Waals surface area (Å²) >= 11 is 6.80. The van der Waals surface area contributed by atoms with Gasteiger partial charge in [0.1, 0.15) is 0 Å². The summed E-state index contributed by atoms with van der Waals surface area (Å²) in [6.07, 6.45) is 11.5. The largest absolute Gasteiger partial charge is 0.377 e. The van der Waals surface area contributed by atoms with E-state index in [-0.39, 0.29) is 11.6 Å². The molecule has 1 aliphatic rings. The number of halogens is 2. The molecule has 4 aromatic rings. The minimum absolute atomic E-state index is 0.0119. The zero-order valence-corrected chi connectivity index (χ0v) is 24.1. The molecule has 0 amide bonds. The number of hydrogen-bond acceptors (Lipinski definition) is 7. The molecule has 0 radical (unpaired) electrons. The van der Waals surface area contributed by atoms with Crippen LogP contribution in [0, 0.1) is 18.3 Å². The van der Waals surface area contributed by atoms with E-state index < -0.39 is 12.0 Å². The Morgan fingerprint density at radius 3 is 2.51 bits per heavy atom. The molecular weight excluding hydrogens is 537 g/mol. The van der Waals surface area contributed by atoms with Crippen LogP contribution >= 0.6 is 11.6 Å². The van der Waals surface area contributed by atoms with E-state index >= 15 is 0 Å². The molecule has 5 rings (SSSR count). The van der Waals surface area contributed by atoms with E-state index in [1.807, 2.05) is 56.2 Å². The number of hydrogen-bond donors (Lipinski definition) is 4. The lowest BCUT2D eigenvalue weighted by Crippen LogP contribution is -2.47. The molecule has 0 unspecified atom stereocenters. The van der Waals surface area contributed by atoms with Gasteiger partial charge in [0.15, 0.2) is 0 Å². The number of rotatable bonds is 8. The second-order valence-electron chi connectivity index (χ2n) is 10.8. The smallest absolute Gasteiger partial charge is 0.212 e. The van der Waals surface area contributed by atoms with Crippen LogP contribution in [0.4, 0.5) is 15.8 Å². The van der Waals surface area contributed by atoms with Gasteiger partial charge in [0.25, 0.3) is 0 Å². The SMILES string of the molecule is [2H][C@](Nc1cc(Cl)c2ncc(C#C)c(N[C@H](CC)c3ccccc3)c2c1)(C1=CN(C(C)(C)C)NN1)c1ccc(F)nc1. The molecule has 210 valence electrons. The normalized spacial score (nSPS) is 15.8. The quantitative estimate of drug-likeness (QED) is 0.133. The van der Waals surface area contributed by atoms with Crippen molar-refractivity contribution in [3.8, 4) is 12.3 Å². The minimum Gasteiger partial charge on any atom is -0.377 e. The van der Waals surface area contributed by atoms with Crippen LogP contribution in [0.15, 0.2) is 78.9 Å². The van der Waals surface area contributed by atoms with Crippen molar-refractivity contribution in [1.29, 1.82) is 0 Å². The van der Waals surface area contributed by atoms with Crippen molar-refractivity contribution in [2.45, 2.75) is 51.7 Å². The average Bonchev–Trinajstić information content (AvgIpc) is 3.49. The lowest BCUT2D eigenvalue weighted by atomic mass is 10.0. The van der Waals surface area contributed by atoms with Gasteiger partial charge >= 0.3 is 0 Å². The van der Waals surface area contributed by atoms with E-state index in [2.05, 4.69) is 56.5 Å². The third-order valence-corrected chi connectivity index (χ3v) is 7.14. The Labute approximate surface area is 246 Å². The van der Waals surface area contributed by atoms with Crippen molar-refractivity contribution in [1.82, 2.24) is 25.9 Å². The molecule has 7 nitrogen and oxygen atoms in total. The maximum Gasteiger partial charge on any atom is 0.212 e. The highest BCUT2D eigenvalue weighted by molar-refractivity contribution is 6.35. The molecular formula is C32H33ClFN7. The lowest BCUT2D eigenvalue weighted by molar-refractivity contribution is 0.138. The third kappa shape index (κ3) is 6.07. The van der Waals surface area contributed by atoms with Crippen molar-refractivity contribution in [3.63, 3.8) is 0 Å². The molecule has 41 heavy (non-hydrogen) atoms. The summed E-state index contributed by atoms with van der Waals surface area (Å²) in [5.74, 6) is 2.11. The number of anilines is 2. The molecule has 4 N–H and O–H groups in total. The van der Waals surface area contributed by atoms with Crippen LogP contribution in [-0.4, -0.2) is 20.5 Å². The van der Waals surface area contributed by atoms with Crippen LogP contribution in [-0.2, 0) is 0 Å². The highest BCUT2D eigenvalue weighted by atomic mass is 35.5. The minimum atomic E-state index is -1.61. The van der Waals surface area contributed by atoms with E-state index in [0.29, 0.717) is 38.4 Å². The van der Waals surface area contributed by atoms with Gasteiger partial charge in [0, 0.05) is 35.2 Å². The summed E-state index contributed by atoms with van der Waals surface area (Å²) < 4.78 is 23.5. The molecule has 0 aliphatic carbocycles. The van der Waals surface area contributed by atoms with Gasteiger partial charge in [0.05, 0.1) is 40.9 Å². The fraction of sp³-hybridized carbons (Fsp3) is 0.250. The Hall–Kier alpha value is -4.32. The van der Waals surface area contributed by atoms with Crippen LogP contribution < -0.4 is 21.6 Å². The predicted octanol–water partition coefficient (Wildman–Crippen LogP) is 7.08.